The molecule has 1 aromatic carbocycles. The van der Waals surface area contributed by atoms with Crippen molar-refractivity contribution in [2.24, 2.45) is 0 Å². The monoisotopic (exact) mass is 295 g/mol. The number of aromatic nitrogens is 2. The summed E-state index contributed by atoms with van der Waals surface area (Å²) in [5, 5.41) is 3.19. The third-order valence-corrected chi connectivity index (χ3v) is 4.88. The molecular weight excluding hydrogens is 274 g/mol. The van der Waals surface area contributed by atoms with Gasteiger partial charge in [-0.05, 0) is 55.4 Å². The number of imidazole rings is 1. The minimum Gasteiger partial charge on any atom is -0.347 e. The molecule has 114 valence electrons. The van der Waals surface area contributed by atoms with Gasteiger partial charge < -0.3 is 9.88 Å². The molecule has 22 heavy (non-hydrogen) atoms. The van der Waals surface area contributed by atoms with Crippen LogP contribution < -0.4 is 5.32 Å². The van der Waals surface area contributed by atoms with Gasteiger partial charge in [-0.15, -0.1) is 0 Å². The number of nitrogens with one attached hydrogen (secondary N) is 1. The number of hydrogen-bond acceptors (Lipinski definition) is 2. The van der Waals surface area contributed by atoms with Gasteiger partial charge in [0.25, 0.3) is 5.91 Å². The van der Waals surface area contributed by atoms with Crippen molar-refractivity contribution >= 4 is 5.91 Å². The van der Waals surface area contributed by atoms with Crippen LogP contribution in [0.5, 0.6) is 0 Å². The summed E-state index contributed by atoms with van der Waals surface area (Å²) in [6.07, 6.45) is 10.5. The lowest BCUT2D eigenvalue weighted by molar-refractivity contribution is 0.0927. The summed E-state index contributed by atoms with van der Waals surface area (Å²) in [5.41, 5.74) is 3.58. The molecule has 4 heteroatoms. The zero-order valence-electron chi connectivity index (χ0n) is 12.7. The topological polar surface area (TPSA) is 46.9 Å². The maximum atomic E-state index is 12.5. The van der Waals surface area contributed by atoms with E-state index in [4.69, 9.17) is 0 Å². The van der Waals surface area contributed by atoms with E-state index in [1.807, 2.05) is 18.5 Å². The van der Waals surface area contributed by atoms with E-state index in [0.29, 0.717) is 0 Å². The van der Waals surface area contributed by atoms with Crippen LogP contribution in [0.15, 0.2) is 30.6 Å². The van der Waals surface area contributed by atoms with Gasteiger partial charge in [0, 0.05) is 37.0 Å². The number of benzene rings is 1. The van der Waals surface area contributed by atoms with Gasteiger partial charge in [-0.2, -0.15) is 0 Å². The van der Waals surface area contributed by atoms with Crippen LogP contribution in [-0.2, 0) is 25.8 Å². The van der Waals surface area contributed by atoms with E-state index in [-0.39, 0.29) is 11.9 Å². The molecule has 2 aliphatic rings. The van der Waals surface area contributed by atoms with Crippen LogP contribution in [0, 0.1) is 0 Å². The fraction of sp³-hybridized carbons (Fsp3) is 0.444. The smallest absolute Gasteiger partial charge is 0.251 e. The average molecular weight is 295 g/mol. The first-order valence-electron chi connectivity index (χ1n) is 8.22. The normalized spacial score (nSPS) is 20.1. The first kappa shape index (κ1) is 13.6. The zero-order chi connectivity index (χ0) is 14.9. The van der Waals surface area contributed by atoms with E-state index in [9.17, 15) is 4.79 Å². The average Bonchev–Trinajstić information content (AvgIpc) is 3.02. The van der Waals surface area contributed by atoms with Crippen molar-refractivity contribution < 1.29 is 4.79 Å². The molecule has 4 rings (SSSR count). The first-order chi connectivity index (χ1) is 10.8. The fourth-order valence-electron chi connectivity index (χ4n) is 3.63. The maximum Gasteiger partial charge on any atom is 0.251 e. The summed E-state index contributed by atoms with van der Waals surface area (Å²) >= 11 is 0. The van der Waals surface area contributed by atoms with E-state index in [1.165, 1.54) is 24.0 Å². The minimum absolute atomic E-state index is 0.0574. The Morgan fingerprint density at radius 3 is 2.95 bits per heavy atom. The second-order valence-electron chi connectivity index (χ2n) is 6.40. The molecule has 0 radical (unpaired) electrons. The largest absolute Gasteiger partial charge is 0.347 e. The highest BCUT2D eigenvalue weighted by molar-refractivity contribution is 5.94. The standard InChI is InChI=1S/C18H21N3O/c22-18(15-6-5-13-3-1-2-4-14(13)11-15)20-16-7-8-17-19-9-10-21(17)12-16/h5-6,9-11,16H,1-4,7-8,12H2,(H,20,22). The van der Waals surface area contributed by atoms with Crippen LogP contribution in [0.25, 0.3) is 0 Å². The second-order valence-corrected chi connectivity index (χ2v) is 6.40. The molecule has 4 nitrogen and oxygen atoms in total. The summed E-state index contributed by atoms with van der Waals surface area (Å²) < 4.78 is 2.14. The molecule has 0 spiro atoms. The molecular formula is C18H21N3O. The van der Waals surface area contributed by atoms with E-state index in [2.05, 4.69) is 27.0 Å². The van der Waals surface area contributed by atoms with Crippen molar-refractivity contribution in [1.82, 2.24) is 14.9 Å². The maximum absolute atomic E-state index is 12.5. The number of hydrogen-bond donors (Lipinski definition) is 1. The van der Waals surface area contributed by atoms with Crippen molar-refractivity contribution in [1.29, 1.82) is 0 Å². The zero-order valence-corrected chi connectivity index (χ0v) is 12.7. The van der Waals surface area contributed by atoms with Crippen molar-refractivity contribution in [3.05, 3.63) is 53.1 Å². The molecule has 1 aromatic heterocycles. The highest BCUT2D eigenvalue weighted by atomic mass is 16.1. The predicted molar refractivity (Wildman–Crippen MR) is 84.9 cm³/mol. The van der Waals surface area contributed by atoms with Crippen LogP contribution in [0.3, 0.4) is 0 Å². The summed E-state index contributed by atoms with van der Waals surface area (Å²) in [4.78, 5) is 16.8. The lowest BCUT2D eigenvalue weighted by Gasteiger charge is -2.25. The summed E-state index contributed by atoms with van der Waals surface area (Å²) in [6.45, 7) is 0.825. The molecule has 1 aliphatic carbocycles. The summed E-state index contributed by atoms with van der Waals surface area (Å²) in [5.74, 6) is 1.18. The quantitative estimate of drug-likeness (QED) is 0.925. The first-order valence-corrected chi connectivity index (χ1v) is 8.22. The van der Waals surface area contributed by atoms with Gasteiger partial charge >= 0.3 is 0 Å². The van der Waals surface area contributed by atoms with E-state index >= 15 is 0 Å². The number of rotatable bonds is 2. The molecule has 0 saturated carbocycles. The second kappa shape index (κ2) is 5.59. The molecule has 1 atom stereocenters. The molecule has 1 unspecified atom stereocenters. The lowest BCUT2D eigenvalue weighted by Crippen LogP contribution is -2.40. The molecule has 1 aliphatic heterocycles. The van der Waals surface area contributed by atoms with Crippen molar-refractivity contribution in [2.45, 2.75) is 51.1 Å². The number of amides is 1. The third kappa shape index (κ3) is 2.54. The Labute approximate surface area is 130 Å². The van der Waals surface area contributed by atoms with Crippen molar-refractivity contribution in [3.8, 4) is 0 Å². The van der Waals surface area contributed by atoms with E-state index in [1.54, 1.807) is 0 Å². The molecule has 0 bridgehead atoms. The van der Waals surface area contributed by atoms with Gasteiger partial charge in [-0.3, -0.25) is 4.79 Å². The third-order valence-electron chi connectivity index (χ3n) is 4.88. The number of carbonyl (C=O) groups is 1. The van der Waals surface area contributed by atoms with Gasteiger partial charge in [0.2, 0.25) is 0 Å². The van der Waals surface area contributed by atoms with Crippen LogP contribution in [-0.4, -0.2) is 21.5 Å². The molecule has 0 saturated heterocycles. The van der Waals surface area contributed by atoms with Gasteiger partial charge in [-0.1, -0.05) is 6.07 Å². The Hall–Kier alpha value is -2.10. The van der Waals surface area contributed by atoms with Crippen molar-refractivity contribution in [3.63, 3.8) is 0 Å². The van der Waals surface area contributed by atoms with E-state index < -0.39 is 0 Å². The van der Waals surface area contributed by atoms with Gasteiger partial charge in [0.15, 0.2) is 0 Å². The van der Waals surface area contributed by atoms with Gasteiger partial charge in [0.05, 0.1) is 0 Å². The molecule has 1 N–H and O–H groups in total. The Morgan fingerprint density at radius 1 is 1.18 bits per heavy atom. The lowest BCUT2D eigenvalue weighted by atomic mass is 9.90. The summed E-state index contributed by atoms with van der Waals surface area (Å²) in [6, 6.07) is 6.41. The van der Waals surface area contributed by atoms with Crippen LogP contribution in [0.1, 0.15) is 46.6 Å². The predicted octanol–water partition coefficient (Wildman–Crippen LogP) is 2.51. The van der Waals surface area contributed by atoms with Crippen molar-refractivity contribution in [2.75, 3.05) is 0 Å². The highest BCUT2D eigenvalue weighted by Crippen LogP contribution is 2.22. The van der Waals surface area contributed by atoms with Gasteiger partial charge in [0.1, 0.15) is 5.82 Å². The van der Waals surface area contributed by atoms with E-state index in [0.717, 1.165) is 43.6 Å². The Balaban J connectivity index is 1.46. The van der Waals surface area contributed by atoms with Crippen LogP contribution >= 0.6 is 0 Å². The number of nitrogens with zero attached hydrogens (tertiary/aromatic N) is 2. The Kier molecular flexibility index (Phi) is 3.45. The van der Waals surface area contributed by atoms with Crippen LogP contribution in [0.4, 0.5) is 0 Å². The Morgan fingerprint density at radius 2 is 2.05 bits per heavy atom. The minimum atomic E-state index is 0.0574. The molecule has 2 heterocycles. The number of fused-ring (bicyclic) bond motifs is 2. The number of aryl methyl sites for hydroxylation is 3. The highest BCUT2D eigenvalue weighted by Gasteiger charge is 2.21. The SMILES string of the molecule is O=C(NC1CCc2nccn2C1)c1ccc2c(c1)CCCC2. The number of carbonyl (C=O) groups excluding carboxylic acids is 1. The Bertz CT molecular complexity index is 704. The van der Waals surface area contributed by atoms with Crippen LogP contribution in [0.2, 0.25) is 0 Å². The summed E-state index contributed by atoms with van der Waals surface area (Å²) in [7, 11) is 0. The van der Waals surface area contributed by atoms with Gasteiger partial charge in [-0.25, -0.2) is 4.98 Å². The molecule has 0 fully saturated rings. The molecule has 2 aromatic rings. The molecule has 1 amide bonds. The fourth-order valence-corrected chi connectivity index (χ4v) is 3.63.